The van der Waals surface area contributed by atoms with E-state index in [-0.39, 0.29) is 18.6 Å². The standard InChI is InChI=1S/C15H22N4O5/c1-14(2)17-11-8(12(21)18-14)16-6-19(11)13-10-9(7(5-20)22-13)23-15(3,4)24-10/h6-7,9-10,13,17,20H,5H2,1-4H3,(H,18,21)/t7-,9-,10+,13-/m1/s1. The lowest BCUT2D eigenvalue weighted by Gasteiger charge is -2.34. The van der Waals surface area contributed by atoms with Gasteiger partial charge < -0.3 is 30.0 Å². The van der Waals surface area contributed by atoms with Crippen LogP contribution in [0, 0.1) is 0 Å². The molecule has 0 aliphatic carbocycles. The molecule has 3 N–H and O–H groups in total. The first kappa shape index (κ1) is 15.8. The van der Waals surface area contributed by atoms with E-state index in [0.29, 0.717) is 11.5 Å². The third kappa shape index (κ3) is 2.31. The van der Waals surface area contributed by atoms with Crippen molar-refractivity contribution < 1.29 is 24.1 Å². The van der Waals surface area contributed by atoms with Gasteiger partial charge >= 0.3 is 0 Å². The zero-order valence-electron chi connectivity index (χ0n) is 14.1. The summed E-state index contributed by atoms with van der Waals surface area (Å²) in [5, 5.41) is 15.7. The molecule has 0 unspecified atom stereocenters. The number of hydrogen-bond donors (Lipinski definition) is 3. The number of hydrogen-bond acceptors (Lipinski definition) is 7. The third-order valence-electron chi connectivity index (χ3n) is 4.45. The van der Waals surface area contributed by atoms with Crippen molar-refractivity contribution in [2.75, 3.05) is 11.9 Å². The number of amides is 1. The number of imidazole rings is 1. The quantitative estimate of drug-likeness (QED) is 0.706. The summed E-state index contributed by atoms with van der Waals surface area (Å²) in [7, 11) is 0. The second-order valence-electron chi connectivity index (χ2n) is 7.37. The van der Waals surface area contributed by atoms with Gasteiger partial charge in [-0.05, 0) is 27.7 Å². The van der Waals surface area contributed by atoms with Gasteiger partial charge in [0.2, 0.25) is 0 Å². The average Bonchev–Trinajstić information content (AvgIpc) is 3.08. The van der Waals surface area contributed by atoms with Crippen LogP contribution in [0.3, 0.4) is 0 Å². The normalized spacial score (nSPS) is 36.0. The van der Waals surface area contributed by atoms with Gasteiger partial charge in [-0.15, -0.1) is 0 Å². The van der Waals surface area contributed by atoms with Gasteiger partial charge in [0.15, 0.2) is 17.7 Å². The SMILES string of the molecule is CC1(C)NC(=O)c2ncn([C@@H]3O[C@H](CO)[C@H]4OC(C)(C)O[C@@H]43)c2N1. The molecule has 24 heavy (non-hydrogen) atoms. The molecule has 1 aromatic heterocycles. The second kappa shape index (κ2) is 4.92. The lowest BCUT2D eigenvalue weighted by molar-refractivity contribution is -0.199. The Bertz CT molecular complexity index is 685. The fraction of sp³-hybridized carbons (Fsp3) is 0.733. The Morgan fingerprint density at radius 3 is 2.67 bits per heavy atom. The summed E-state index contributed by atoms with van der Waals surface area (Å²) in [6.07, 6.45) is -0.261. The highest BCUT2D eigenvalue weighted by molar-refractivity contribution is 5.99. The summed E-state index contributed by atoms with van der Waals surface area (Å²) < 4.78 is 19.5. The van der Waals surface area contributed by atoms with E-state index in [1.54, 1.807) is 10.9 Å². The molecule has 0 aromatic carbocycles. The number of aliphatic hydroxyl groups is 1. The topological polar surface area (TPSA) is 107 Å². The van der Waals surface area contributed by atoms with Crippen molar-refractivity contribution >= 4 is 11.7 Å². The molecule has 4 heterocycles. The Morgan fingerprint density at radius 2 is 1.96 bits per heavy atom. The number of fused-ring (bicyclic) bond motifs is 2. The summed E-state index contributed by atoms with van der Waals surface area (Å²) in [6.45, 7) is 7.20. The van der Waals surface area contributed by atoms with Crippen molar-refractivity contribution in [1.82, 2.24) is 14.9 Å². The minimum atomic E-state index is -0.754. The molecular formula is C15H22N4O5. The largest absolute Gasteiger partial charge is 0.394 e. The highest BCUT2D eigenvalue weighted by Crippen LogP contribution is 2.44. The summed E-state index contributed by atoms with van der Waals surface area (Å²) in [5.74, 6) is -0.431. The first-order chi connectivity index (χ1) is 11.2. The number of aliphatic hydroxyl groups excluding tert-OH is 1. The number of carbonyl (C=O) groups excluding carboxylic acids is 1. The van der Waals surface area contributed by atoms with E-state index in [1.165, 1.54) is 0 Å². The van der Waals surface area contributed by atoms with Crippen LogP contribution in [-0.2, 0) is 14.2 Å². The van der Waals surface area contributed by atoms with Crippen molar-refractivity contribution in [3.63, 3.8) is 0 Å². The number of rotatable bonds is 2. The highest BCUT2D eigenvalue weighted by atomic mass is 16.8. The van der Waals surface area contributed by atoms with Crippen LogP contribution < -0.4 is 10.6 Å². The summed E-state index contributed by atoms with van der Waals surface area (Å²) >= 11 is 0. The van der Waals surface area contributed by atoms with Crippen LogP contribution in [-0.4, -0.2) is 56.9 Å². The van der Waals surface area contributed by atoms with Gasteiger partial charge in [0.05, 0.1) is 12.9 Å². The van der Waals surface area contributed by atoms with Crippen LogP contribution in [0.15, 0.2) is 6.33 Å². The van der Waals surface area contributed by atoms with Gasteiger partial charge in [-0.25, -0.2) is 4.98 Å². The number of carbonyl (C=O) groups is 1. The van der Waals surface area contributed by atoms with Crippen molar-refractivity contribution in [2.45, 2.75) is 63.7 Å². The Kier molecular flexibility index (Phi) is 3.24. The van der Waals surface area contributed by atoms with E-state index in [9.17, 15) is 9.90 Å². The fourth-order valence-corrected chi connectivity index (χ4v) is 3.54. The molecule has 3 aliphatic heterocycles. The van der Waals surface area contributed by atoms with E-state index in [2.05, 4.69) is 15.6 Å². The van der Waals surface area contributed by atoms with E-state index in [1.807, 2.05) is 27.7 Å². The molecule has 0 spiro atoms. The number of aromatic nitrogens is 2. The van der Waals surface area contributed by atoms with E-state index in [0.717, 1.165) is 0 Å². The summed E-state index contributed by atoms with van der Waals surface area (Å²) in [5.41, 5.74) is -0.303. The molecule has 1 aromatic rings. The molecule has 4 atom stereocenters. The Hall–Kier alpha value is -1.68. The molecule has 0 bridgehead atoms. The number of ether oxygens (including phenoxy) is 3. The Labute approximate surface area is 139 Å². The van der Waals surface area contributed by atoms with Gasteiger partial charge in [0.1, 0.15) is 29.8 Å². The van der Waals surface area contributed by atoms with Gasteiger partial charge in [0, 0.05) is 0 Å². The smallest absolute Gasteiger partial charge is 0.275 e. The van der Waals surface area contributed by atoms with Crippen LogP contribution in [0.4, 0.5) is 5.82 Å². The van der Waals surface area contributed by atoms with Gasteiger partial charge in [-0.2, -0.15) is 0 Å². The molecule has 1 amide bonds. The third-order valence-corrected chi connectivity index (χ3v) is 4.45. The van der Waals surface area contributed by atoms with Crippen LogP contribution in [0.2, 0.25) is 0 Å². The first-order valence-corrected chi connectivity index (χ1v) is 8.00. The fourth-order valence-electron chi connectivity index (χ4n) is 3.54. The maximum absolute atomic E-state index is 12.2. The Balaban J connectivity index is 1.71. The van der Waals surface area contributed by atoms with Crippen molar-refractivity contribution in [3.05, 3.63) is 12.0 Å². The number of nitrogens with one attached hydrogen (secondary N) is 2. The van der Waals surface area contributed by atoms with Crippen molar-refractivity contribution in [1.29, 1.82) is 0 Å². The average molecular weight is 338 g/mol. The maximum atomic E-state index is 12.2. The molecule has 9 heteroatoms. The minimum absolute atomic E-state index is 0.173. The monoisotopic (exact) mass is 338 g/mol. The van der Waals surface area contributed by atoms with Gasteiger partial charge in [0.25, 0.3) is 5.91 Å². The molecule has 0 saturated carbocycles. The first-order valence-electron chi connectivity index (χ1n) is 8.00. The molecule has 0 radical (unpaired) electrons. The van der Waals surface area contributed by atoms with Crippen molar-refractivity contribution in [3.8, 4) is 0 Å². The maximum Gasteiger partial charge on any atom is 0.275 e. The molecule has 2 fully saturated rings. The number of nitrogens with zero attached hydrogens (tertiary/aromatic N) is 2. The van der Waals surface area contributed by atoms with E-state index >= 15 is 0 Å². The zero-order chi connectivity index (χ0) is 17.3. The predicted octanol–water partition coefficient (Wildman–Crippen LogP) is 0.184. The lowest BCUT2D eigenvalue weighted by Crippen LogP contribution is -2.53. The molecule has 3 aliphatic rings. The zero-order valence-corrected chi connectivity index (χ0v) is 14.1. The van der Waals surface area contributed by atoms with Crippen LogP contribution >= 0.6 is 0 Å². The Morgan fingerprint density at radius 1 is 1.25 bits per heavy atom. The summed E-state index contributed by atoms with van der Waals surface area (Å²) in [4.78, 5) is 16.4. The van der Waals surface area contributed by atoms with Crippen LogP contribution in [0.5, 0.6) is 0 Å². The molecule has 132 valence electrons. The van der Waals surface area contributed by atoms with E-state index < -0.39 is 29.9 Å². The predicted molar refractivity (Wildman–Crippen MR) is 82.2 cm³/mol. The molecular weight excluding hydrogens is 316 g/mol. The highest BCUT2D eigenvalue weighted by Gasteiger charge is 2.56. The van der Waals surface area contributed by atoms with Gasteiger partial charge in [-0.1, -0.05) is 0 Å². The van der Waals surface area contributed by atoms with Crippen LogP contribution in [0.1, 0.15) is 44.4 Å². The molecule has 9 nitrogen and oxygen atoms in total. The van der Waals surface area contributed by atoms with Crippen LogP contribution in [0.25, 0.3) is 0 Å². The summed E-state index contributed by atoms with van der Waals surface area (Å²) in [6, 6.07) is 0. The second-order valence-corrected chi connectivity index (χ2v) is 7.37. The van der Waals surface area contributed by atoms with Crippen molar-refractivity contribution in [2.24, 2.45) is 0 Å². The molecule has 2 saturated heterocycles. The number of anilines is 1. The minimum Gasteiger partial charge on any atom is -0.394 e. The molecule has 4 rings (SSSR count). The lowest BCUT2D eigenvalue weighted by atomic mass is 10.1. The van der Waals surface area contributed by atoms with E-state index in [4.69, 9.17) is 14.2 Å². The van der Waals surface area contributed by atoms with Gasteiger partial charge in [-0.3, -0.25) is 9.36 Å².